The molecular formula is C14H14O4S. The normalized spacial score (nSPS) is 12.1. The van der Waals surface area contributed by atoms with Crippen molar-refractivity contribution in [2.75, 3.05) is 6.61 Å². The summed E-state index contributed by atoms with van der Waals surface area (Å²) < 4.78 is 5.37. The van der Waals surface area contributed by atoms with Crippen LogP contribution >= 0.6 is 11.3 Å². The second kappa shape index (κ2) is 5.86. The number of benzene rings is 1. The lowest BCUT2D eigenvalue weighted by atomic mass is 10.1. The SMILES string of the molecule is CCOc1cccc(C(O)c2sccc2C(=O)O)c1. The fourth-order valence-corrected chi connectivity index (χ4v) is 2.70. The summed E-state index contributed by atoms with van der Waals surface area (Å²) in [5.41, 5.74) is 0.759. The summed E-state index contributed by atoms with van der Waals surface area (Å²) in [4.78, 5) is 11.5. The van der Waals surface area contributed by atoms with Gasteiger partial charge in [-0.2, -0.15) is 0 Å². The van der Waals surface area contributed by atoms with Crippen LogP contribution in [0.4, 0.5) is 0 Å². The van der Waals surface area contributed by atoms with Crippen LogP contribution in [-0.2, 0) is 0 Å². The molecule has 19 heavy (non-hydrogen) atoms. The Morgan fingerprint density at radius 2 is 2.21 bits per heavy atom. The van der Waals surface area contributed by atoms with Crippen molar-refractivity contribution in [1.82, 2.24) is 0 Å². The summed E-state index contributed by atoms with van der Waals surface area (Å²) in [7, 11) is 0. The Labute approximate surface area is 114 Å². The highest BCUT2D eigenvalue weighted by molar-refractivity contribution is 7.10. The molecule has 4 nitrogen and oxygen atoms in total. The zero-order valence-corrected chi connectivity index (χ0v) is 11.2. The van der Waals surface area contributed by atoms with E-state index in [1.807, 2.05) is 6.92 Å². The van der Waals surface area contributed by atoms with Crippen molar-refractivity contribution >= 4 is 17.3 Å². The zero-order chi connectivity index (χ0) is 13.8. The highest BCUT2D eigenvalue weighted by atomic mass is 32.1. The number of thiophene rings is 1. The van der Waals surface area contributed by atoms with Crippen molar-refractivity contribution in [3.8, 4) is 5.75 Å². The minimum atomic E-state index is -1.03. The summed E-state index contributed by atoms with van der Waals surface area (Å²) in [6, 6.07) is 8.54. The maximum Gasteiger partial charge on any atom is 0.336 e. The Hall–Kier alpha value is -1.85. The van der Waals surface area contributed by atoms with Gasteiger partial charge in [-0.1, -0.05) is 12.1 Å². The van der Waals surface area contributed by atoms with Gasteiger partial charge >= 0.3 is 5.97 Å². The topological polar surface area (TPSA) is 66.8 Å². The Kier molecular flexibility index (Phi) is 4.19. The Morgan fingerprint density at radius 1 is 1.42 bits per heavy atom. The molecule has 100 valence electrons. The molecule has 0 spiro atoms. The quantitative estimate of drug-likeness (QED) is 0.882. The smallest absolute Gasteiger partial charge is 0.336 e. The summed E-state index contributed by atoms with van der Waals surface area (Å²) >= 11 is 1.23. The first kappa shape index (κ1) is 13.6. The summed E-state index contributed by atoms with van der Waals surface area (Å²) in [5, 5.41) is 21.0. The molecule has 1 heterocycles. The third-order valence-electron chi connectivity index (χ3n) is 2.66. The summed E-state index contributed by atoms with van der Waals surface area (Å²) in [6.07, 6.45) is -0.952. The van der Waals surface area contributed by atoms with Gasteiger partial charge in [-0.3, -0.25) is 0 Å². The van der Waals surface area contributed by atoms with Crippen molar-refractivity contribution < 1.29 is 19.7 Å². The van der Waals surface area contributed by atoms with E-state index in [9.17, 15) is 9.90 Å². The van der Waals surface area contributed by atoms with Crippen molar-refractivity contribution in [3.63, 3.8) is 0 Å². The fraction of sp³-hybridized carbons (Fsp3) is 0.214. The Morgan fingerprint density at radius 3 is 2.89 bits per heavy atom. The van der Waals surface area contributed by atoms with E-state index in [2.05, 4.69) is 0 Å². The van der Waals surface area contributed by atoms with E-state index >= 15 is 0 Å². The zero-order valence-electron chi connectivity index (χ0n) is 10.4. The second-order valence-electron chi connectivity index (χ2n) is 3.91. The number of carbonyl (C=O) groups is 1. The largest absolute Gasteiger partial charge is 0.494 e. The van der Waals surface area contributed by atoms with E-state index in [0.29, 0.717) is 22.8 Å². The summed E-state index contributed by atoms with van der Waals surface area (Å²) in [6.45, 7) is 2.42. The van der Waals surface area contributed by atoms with Gasteiger partial charge in [-0.05, 0) is 36.1 Å². The van der Waals surface area contributed by atoms with Crippen LogP contribution in [0.25, 0.3) is 0 Å². The van der Waals surface area contributed by atoms with Gasteiger partial charge in [0.15, 0.2) is 0 Å². The van der Waals surface area contributed by atoms with Crippen molar-refractivity contribution in [2.24, 2.45) is 0 Å². The van der Waals surface area contributed by atoms with Crippen molar-refractivity contribution in [1.29, 1.82) is 0 Å². The lowest BCUT2D eigenvalue weighted by molar-refractivity contribution is 0.0692. The average Bonchev–Trinajstić information content (AvgIpc) is 2.88. The maximum absolute atomic E-state index is 11.1. The third-order valence-corrected chi connectivity index (χ3v) is 3.63. The molecule has 0 aliphatic carbocycles. The Bertz CT molecular complexity index is 576. The number of hydrogen-bond acceptors (Lipinski definition) is 4. The third kappa shape index (κ3) is 2.94. The summed E-state index contributed by atoms with van der Waals surface area (Å²) in [5.74, 6) is -0.372. The standard InChI is InChI=1S/C14H14O4S/c1-2-18-10-5-3-4-9(8-10)12(15)13-11(14(16)17)6-7-19-13/h3-8,12,15H,2H2,1H3,(H,16,17). The van der Waals surface area contributed by atoms with Gasteiger partial charge in [0.25, 0.3) is 0 Å². The maximum atomic E-state index is 11.1. The molecule has 1 aromatic carbocycles. The molecule has 1 unspecified atom stereocenters. The molecule has 1 atom stereocenters. The lowest BCUT2D eigenvalue weighted by Crippen LogP contribution is -2.05. The van der Waals surface area contributed by atoms with E-state index in [1.165, 1.54) is 17.4 Å². The minimum Gasteiger partial charge on any atom is -0.494 e. The van der Waals surface area contributed by atoms with Crippen LogP contribution in [0.15, 0.2) is 35.7 Å². The molecule has 0 aliphatic rings. The first-order valence-electron chi connectivity index (χ1n) is 5.85. The molecule has 0 radical (unpaired) electrons. The van der Waals surface area contributed by atoms with Crippen LogP contribution in [0, 0.1) is 0 Å². The van der Waals surface area contributed by atoms with Crippen LogP contribution in [-0.4, -0.2) is 22.8 Å². The predicted octanol–water partition coefficient (Wildman–Crippen LogP) is 2.93. The van der Waals surface area contributed by atoms with E-state index in [4.69, 9.17) is 9.84 Å². The van der Waals surface area contributed by atoms with Crippen LogP contribution in [0.3, 0.4) is 0 Å². The van der Waals surface area contributed by atoms with E-state index in [0.717, 1.165) is 0 Å². The molecule has 0 saturated heterocycles. The van der Waals surface area contributed by atoms with Crippen LogP contribution in [0.5, 0.6) is 5.75 Å². The van der Waals surface area contributed by atoms with E-state index < -0.39 is 12.1 Å². The molecule has 2 rings (SSSR count). The first-order valence-corrected chi connectivity index (χ1v) is 6.73. The van der Waals surface area contributed by atoms with Gasteiger partial charge in [-0.15, -0.1) is 11.3 Å². The molecule has 0 fully saturated rings. The molecular weight excluding hydrogens is 264 g/mol. The molecule has 0 aliphatic heterocycles. The monoisotopic (exact) mass is 278 g/mol. The fourth-order valence-electron chi connectivity index (χ4n) is 1.80. The first-order chi connectivity index (χ1) is 9.13. The molecule has 0 saturated carbocycles. The second-order valence-corrected chi connectivity index (χ2v) is 4.86. The molecule has 0 bridgehead atoms. The number of rotatable bonds is 5. The highest BCUT2D eigenvalue weighted by Gasteiger charge is 2.20. The lowest BCUT2D eigenvalue weighted by Gasteiger charge is -2.12. The van der Waals surface area contributed by atoms with Gasteiger partial charge in [0.1, 0.15) is 11.9 Å². The Balaban J connectivity index is 2.33. The number of hydrogen-bond donors (Lipinski definition) is 2. The highest BCUT2D eigenvalue weighted by Crippen LogP contribution is 2.31. The van der Waals surface area contributed by atoms with Crippen LogP contribution in [0.1, 0.15) is 33.8 Å². The molecule has 2 aromatic rings. The molecule has 1 aromatic heterocycles. The predicted molar refractivity (Wildman–Crippen MR) is 73.0 cm³/mol. The average molecular weight is 278 g/mol. The van der Waals surface area contributed by atoms with E-state index in [-0.39, 0.29) is 5.56 Å². The number of aliphatic hydroxyl groups is 1. The van der Waals surface area contributed by atoms with Crippen LogP contribution in [0.2, 0.25) is 0 Å². The van der Waals surface area contributed by atoms with Gasteiger partial charge < -0.3 is 14.9 Å². The number of aliphatic hydroxyl groups excluding tert-OH is 1. The minimum absolute atomic E-state index is 0.138. The van der Waals surface area contributed by atoms with Crippen LogP contribution < -0.4 is 4.74 Å². The number of carboxylic acids is 1. The van der Waals surface area contributed by atoms with Gasteiger partial charge in [-0.25, -0.2) is 4.79 Å². The molecule has 0 amide bonds. The molecule has 2 N–H and O–H groups in total. The number of aromatic carboxylic acids is 1. The van der Waals surface area contributed by atoms with Crippen molar-refractivity contribution in [2.45, 2.75) is 13.0 Å². The molecule has 5 heteroatoms. The van der Waals surface area contributed by atoms with Gasteiger partial charge in [0.05, 0.1) is 17.0 Å². The number of carboxylic acid groups (broad SMARTS) is 1. The number of ether oxygens (including phenoxy) is 1. The van der Waals surface area contributed by atoms with Crippen molar-refractivity contribution in [3.05, 3.63) is 51.7 Å². The van der Waals surface area contributed by atoms with Gasteiger partial charge in [0, 0.05) is 0 Å². The van der Waals surface area contributed by atoms with Gasteiger partial charge in [0.2, 0.25) is 0 Å². The van der Waals surface area contributed by atoms with E-state index in [1.54, 1.807) is 29.6 Å².